The topological polar surface area (TPSA) is 115 Å². The van der Waals surface area contributed by atoms with Crippen molar-refractivity contribution >= 4 is 11.9 Å². The van der Waals surface area contributed by atoms with Crippen molar-refractivity contribution in [3.63, 3.8) is 0 Å². The minimum atomic E-state index is -1.16. The Kier molecular flexibility index (Phi) is 13.1. The van der Waals surface area contributed by atoms with E-state index in [9.17, 15) is 9.59 Å². The van der Waals surface area contributed by atoms with E-state index in [4.69, 9.17) is 20.4 Å². The lowest BCUT2D eigenvalue weighted by atomic mass is 10.1. The second-order valence-corrected chi connectivity index (χ2v) is 4.04. The van der Waals surface area contributed by atoms with Gasteiger partial charge in [-0.1, -0.05) is 33.1 Å². The highest BCUT2D eigenvalue weighted by atomic mass is 16.4. The summed E-state index contributed by atoms with van der Waals surface area (Å²) in [5.74, 6) is -2.06. The van der Waals surface area contributed by atoms with Gasteiger partial charge in [-0.3, -0.25) is 4.79 Å². The second-order valence-electron chi connectivity index (χ2n) is 4.04. The number of hydrogen-bond acceptors (Lipinski definition) is 4. The molecule has 0 fully saturated rings. The third-order valence-corrected chi connectivity index (χ3v) is 2.15. The quantitative estimate of drug-likeness (QED) is 0.524. The lowest BCUT2D eigenvalue weighted by Gasteiger charge is -2.03. The van der Waals surface area contributed by atoms with Crippen molar-refractivity contribution in [3.05, 3.63) is 0 Å². The lowest BCUT2D eigenvalue weighted by Crippen LogP contribution is -2.18. The minimum Gasteiger partial charge on any atom is -0.481 e. The minimum absolute atomic E-state index is 0.131. The first-order valence-electron chi connectivity index (χ1n) is 6.15. The SMILES string of the molecule is CCCC(O)CC(=O)O.CCCCC(O)C(=O)O. The summed E-state index contributed by atoms with van der Waals surface area (Å²) < 4.78 is 0. The summed E-state index contributed by atoms with van der Waals surface area (Å²) in [4.78, 5) is 19.9. The van der Waals surface area contributed by atoms with Crippen molar-refractivity contribution in [1.82, 2.24) is 0 Å². The fourth-order valence-corrected chi connectivity index (χ4v) is 1.16. The number of aliphatic carboxylic acids is 2. The first kappa shape index (κ1) is 19.2. The highest BCUT2D eigenvalue weighted by molar-refractivity contribution is 5.71. The number of rotatable bonds is 8. The molecular formula is C12H24O6. The van der Waals surface area contributed by atoms with Gasteiger partial charge in [0.05, 0.1) is 12.5 Å². The molecule has 6 nitrogen and oxygen atoms in total. The zero-order valence-corrected chi connectivity index (χ0v) is 11.0. The maximum absolute atomic E-state index is 9.96. The summed E-state index contributed by atoms with van der Waals surface area (Å²) in [5, 5.41) is 33.8. The molecule has 0 aliphatic heterocycles. The van der Waals surface area contributed by atoms with Gasteiger partial charge in [-0.25, -0.2) is 4.79 Å². The number of carboxylic acid groups (broad SMARTS) is 2. The molecule has 6 heteroatoms. The Morgan fingerprint density at radius 2 is 1.56 bits per heavy atom. The summed E-state index contributed by atoms with van der Waals surface area (Å²) in [5.41, 5.74) is 0. The Morgan fingerprint density at radius 1 is 1.00 bits per heavy atom. The normalized spacial score (nSPS) is 13.1. The molecule has 2 unspecified atom stereocenters. The van der Waals surface area contributed by atoms with Crippen LogP contribution < -0.4 is 0 Å². The number of carbonyl (C=O) groups is 2. The molecule has 0 aromatic heterocycles. The van der Waals surface area contributed by atoms with Crippen molar-refractivity contribution in [3.8, 4) is 0 Å². The van der Waals surface area contributed by atoms with E-state index in [0.717, 1.165) is 19.3 Å². The molecule has 18 heavy (non-hydrogen) atoms. The maximum Gasteiger partial charge on any atom is 0.332 e. The molecule has 0 bridgehead atoms. The molecule has 0 aromatic rings. The molecule has 0 radical (unpaired) electrons. The first-order chi connectivity index (χ1) is 8.34. The molecule has 0 aliphatic carbocycles. The van der Waals surface area contributed by atoms with E-state index in [1.165, 1.54) is 0 Å². The highest BCUT2D eigenvalue weighted by Gasteiger charge is 2.10. The third kappa shape index (κ3) is 14.9. The molecule has 0 saturated heterocycles. The lowest BCUT2D eigenvalue weighted by molar-refractivity contribution is -0.147. The van der Waals surface area contributed by atoms with Crippen LogP contribution in [0.5, 0.6) is 0 Å². The smallest absolute Gasteiger partial charge is 0.332 e. The van der Waals surface area contributed by atoms with Gasteiger partial charge in [0.1, 0.15) is 0 Å². The summed E-state index contributed by atoms with van der Waals surface area (Å²) in [7, 11) is 0. The molecule has 0 rings (SSSR count). The highest BCUT2D eigenvalue weighted by Crippen LogP contribution is 2.00. The molecule has 0 heterocycles. The molecule has 4 N–H and O–H groups in total. The zero-order chi connectivity index (χ0) is 14.6. The molecule has 0 saturated carbocycles. The van der Waals surface area contributed by atoms with Crippen LogP contribution in [0.15, 0.2) is 0 Å². The van der Waals surface area contributed by atoms with E-state index in [1.54, 1.807) is 0 Å². The van der Waals surface area contributed by atoms with Gasteiger partial charge in [-0.05, 0) is 12.8 Å². The summed E-state index contributed by atoms with van der Waals surface area (Å²) in [6, 6.07) is 0. The Balaban J connectivity index is 0. The second kappa shape index (κ2) is 12.3. The van der Waals surface area contributed by atoms with Crippen LogP contribution in [0.3, 0.4) is 0 Å². The number of aliphatic hydroxyl groups excluding tert-OH is 2. The molecule has 108 valence electrons. The number of hydrogen-bond donors (Lipinski definition) is 4. The molecule has 0 aliphatic rings. The van der Waals surface area contributed by atoms with Gasteiger partial charge in [-0.15, -0.1) is 0 Å². The van der Waals surface area contributed by atoms with Crippen molar-refractivity contribution in [2.24, 2.45) is 0 Å². The molecule has 0 spiro atoms. The van der Waals surface area contributed by atoms with E-state index in [1.807, 2.05) is 13.8 Å². The fraction of sp³-hybridized carbons (Fsp3) is 0.833. The van der Waals surface area contributed by atoms with Crippen LogP contribution in [0.2, 0.25) is 0 Å². The van der Waals surface area contributed by atoms with Gasteiger partial charge in [-0.2, -0.15) is 0 Å². The summed E-state index contributed by atoms with van der Waals surface area (Å²) >= 11 is 0. The Labute approximate surface area is 107 Å². The van der Waals surface area contributed by atoms with Gasteiger partial charge < -0.3 is 20.4 Å². The van der Waals surface area contributed by atoms with Gasteiger partial charge in [0.15, 0.2) is 6.10 Å². The number of unbranched alkanes of at least 4 members (excludes halogenated alkanes) is 1. The maximum atomic E-state index is 9.96. The van der Waals surface area contributed by atoms with Crippen LogP contribution >= 0.6 is 0 Å². The van der Waals surface area contributed by atoms with E-state index in [-0.39, 0.29) is 6.42 Å². The van der Waals surface area contributed by atoms with Gasteiger partial charge in [0.2, 0.25) is 0 Å². The molecule has 0 aromatic carbocycles. The largest absolute Gasteiger partial charge is 0.481 e. The van der Waals surface area contributed by atoms with Gasteiger partial charge >= 0.3 is 11.9 Å². The van der Waals surface area contributed by atoms with E-state index >= 15 is 0 Å². The summed E-state index contributed by atoms with van der Waals surface area (Å²) in [6.07, 6.45) is 1.51. The van der Waals surface area contributed by atoms with Crippen LogP contribution in [0.1, 0.15) is 52.4 Å². The van der Waals surface area contributed by atoms with Crippen LogP contribution in [-0.2, 0) is 9.59 Å². The van der Waals surface area contributed by atoms with Crippen molar-refractivity contribution in [1.29, 1.82) is 0 Å². The third-order valence-electron chi connectivity index (χ3n) is 2.15. The van der Waals surface area contributed by atoms with Crippen LogP contribution in [0.4, 0.5) is 0 Å². The number of aliphatic hydroxyl groups is 2. The van der Waals surface area contributed by atoms with Crippen LogP contribution in [-0.4, -0.2) is 44.6 Å². The van der Waals surface area contributed by atoms with Crippen LogP contribution in [0.25, 0.3) is 0 Å². The molecular weight excluding hydrogens is 240 g/mol. The Hall–Kier alpha value is -1.14. The monoisotopic (exact) mass is 264 g/mol. The molecule has 2 atom stereocenters. The van der Waals surface area contributed by atoms with Crippen molar-refractivity contribution in [2.45, 2.75) is 64.6 Å². The standard InChI is InChI=1S/2C6H12O3/c1-2-3-5(7)4-6(8)9;1-2-3-4-5(7)6(8)9/h2*5,7H,2-4H2,1H3,(H,8,9). The van der Waals surface area contributed by atoms with Gasteiger partial charge in [0, 0.05) is 0 Å². The molecule has 0 amide bonds. The van der Waals surface area contributed by atoms with Crippen molar-refractivity contribution in [2.75, 3.05) is 0 Å². The summed E-state index contributed by atoms with van der Waals surface area (Å²) in [6.45, 7) is 3.86. The average Bonchev–Trinajstić information content (AvgIpc) is 2.25. The predicted octanol–water partition coefficient (Wildman–Crippen LogP) is 1.24. The Bertz CT molecular complexity index is 229. The zero-order valence-electron chi connectivity index (χ0n) is 11.0. The van der Waals surface area contributed by atoms with Crippen LogP contribution in [0, 0.1) is 0 Å². The Morgan fingerprint density at radius 3 is 1.89 bits per heavy atom. The van der Waals surface area contributed by atoms with Crippen molar-refractivity contribution < 1.29 is 30.0 Å². The first-order valence-corrected chi connectivity index (χ1v) is 6.15. The van der Waals surface area contributed by atoms with E-state index in [0.29, 0.717) is 12.8 Å². The average molecular weight is 264 g/mol. The van der Waals surface area contributed by atoms with E-state index in [2.05, 4.69) is 0 Å². The van der Waals surface area contributed by atoms with Gasteiger partial charge in [0.25, 0.3) is 0 Å². The number of carboxylic acids is 2. The fourth-order valence-electron chi connectivity index (χ4n) is 1.16. The predicted molar refractivity (Wildman–Crippen MR) is 66.3 cm³/mol. The van der Waals surface area contributed by atoms with E-state index < -0.39 is 24.1 Å².